The number of para-hydroxylation sites is 1. The Balaban J connectivity index is 2.25. The number of ether oxygens (including phenoxy) is 2. The third kappa shape index (κ3) is 5.03. The average Bonchev–Trinajstić information content (AvgIpc) is 2.56. The molecule has 0 radical (unpaired) electrons. The van der Waals surface area contributed by atoms with Gasteiger partial charge in [-0.25, -0.2) is 4.98 Å². The lowest BCUT2D eigenvalue weighted by atomic mass is 10.1. The molecule has 0 unspecified atom stereocenters. The van der Waals surface area contributed by atoms with Gasteiger partial charge in [0.2, 0.25) is 0 Å². The van der Waals surface area contributed by atoms with Crippen LogP contribution in [0.3, 0.4) is 0 Å². The van der Waals surface area contributed by atoms with Crippen molar-refractivity contribution in [3.05, 3.63) is 52.7 Å². The molecule has 1 aromatic carbocycles. The molecule has 0 amide bonds. The third-order valence-corrected chi connectivity index (χ3v) is 3.30. The second-order valence-electron chi connectivity index (χ2n) is 5.77. The predicted molar refractivity (Wildman–Crippen MR) is 97.8 cm³/mol. The number of methoxy groups -OCH3 is 1. The molecule has 1 aromatic heterocycles. The smallest absolute Gasteiger partial charge is 0.164 e. The molecule has 0 spiro atoms. The molecule has 25 heavy (non-hydrogen) atoms. The Morgan fingerprint density at radius 3 is 2.80 bits per heavy atom. The van der Waals surface area contributed by atoms with Gasteiger partial charge in [0.05, 0.1) is 18.9 Å². The Labute approximate surface area is 148 Å². The summed E-state index contributed by atoms with van der Waals surface area (Å²) in [6, 6.07) is 11.6. The maximum Gasteiger partial charge on any atom is 0.164 e. The van der Waals surface area contributed by atoms with Crippen molar-refractivity contribution in [1.29, 1.82) is 5.26 Å². The van der Waals surface area contributed by atoms with Gasteiger partial charge in [-0.15, -0.1) is 0 Å². The van der Waals surface area contributed by atoms with Crippen LogP contribution in [0.15, 0.2) is 35.4 Å². The van der Waals surface area contributed by atoms with Crippen LogP contribution in [-0.2, 0) is 11.3 Å². The molecule has 0 aliphatic carbocycles. The highest BCUT2D eigenvalue weighted by Crippen LogP contribution is 2.20. The summed E-state index contributed by atoms with van der Waals surface area (Å²) >= 11 is 0. The molecule has 0 saturated heterocycles. The van der Waals surface area contributed by atoms with Crippen LogP contribution in [0, 0.1) is 18.3 Å². The molecule has 130 valence electrons. The van der Waals surface area contributed by atoms with Gasteiger partial charge in [0, 0.05) is 23.9 Å². The molecule has 0 atom stereocenters. The van der Waals surface area contributed by atoms with E-state index in [9.17, 15) is 5.26 Å². The van der Waals surface area contributed by atoms with Crippen LogP contribution in [0.25, 0.3) is 0 Å². The molecule has 2 rings (SSSR count). The van der Waals surface area contributed by atoms with Crippen LogP contribution < -0.4 is 10.2 Å². The normalized spacial score (nSPS) is 10.9. The Hall–Kier alpha value is -2.91. The van der Waals surface area contributed by atoms with Crippen molar-refractivity contribution < 1.29 is 9.47 Å². The zero-order valence-corrected chi connectivity index (χ0v) is 14.9. The number of rotatable bonds is 7. The monoisotopic (exact) mass is 338 g/mol. The Kier molecular flexibility index (Phi) is 6.49. The number of anilines is 1. The maximum atomic E-state index is 9.42. The van der Waals surface area contributed by atoms with Crippen molar-refractivity contribution in [2.75, 3.05) is 12.5 Å². The maximum absolute atomic E-state index is 9.42. The van der Waals surface area contributed by atoms with E-state index < -0.39 is 0 Å². The number of hydrogen-bond acceptors (Lipinski definition) is 6. The number of hydrogen-bond donors (Lipinski definition) is 1. The topological polar surface area (TPSA) is 79.5 Å². The Morgan fingerprint density at radius 2 is 2.12 bits per heavy atom. The highest BCUT2D eigenvalue weighted by molar-refractivity contribution is 5.84. The Bertz CT molecular complexity index is 794. The third-order valence-electron chi connectivity index (χ3n) is 3.30. The number of nitriles is 1. The molecule has 0 aliphatic heterocycles. The van der Waals surface area contributed by atoms with Crippen molar-refractivity contribution in [3.63, 3.8) is 0 Å². The zero-order chi connectivity index (χ0) is 18.2. The molecule has 1 N–H and O–H groups in total. The fourth-order valence-electron chi connectivity index (χ4n) is 2.33. The fraction of sp³-hybridized carbons (Fsp3) is 0.316. The van der Waals surface area contributed by atoms with E-state index in [4.69, 9.17) is 9.47 Å². The molecular formula is C19H22N4O2. The van der Waals surface area contributed by atoms with Gasteiger partial charge in [0.1, 0.15) is 17.4 Å². The van der Waals surface area contributed by atoms with Gasteiger partial charge in [0.25, 0.3) is 0 Å². The summed E-state index contributed by atoms with van der Waals surface area (Å²) in [7, 11) is 1.59. The number of benzene rings is 1. The number of aromatic nitrogens is 1. The quantitative estimate of drug-likeness (QED) is 0.616. The van der Waals surface area contributed by atoms with Crippen molar-refractivity contribution in [2.24, 2.45) is 5.10 Å². The van der Waals surface area contributed by atoms with Crippen LogP contribution in [0.5, 0.6) is 5.75 Å². The minimum Gasteiger partial charge on any atom is -0.490 e. The van der Waals surface area contributed by atoms with Crippen LogP contribution in [0.2, 0.25) is 0 Å². The number of nitrogens with zero attached hydrogens (tertiary/aromatic N) is 3. The summed E-state index contributed by atoms with van der Waals surface area (Å²) in [4.78, 5) is 4.35. The molecule has 0 saturated carbocycles. The van der Waals surface area contributed by atoms with E-state index in [1.165, 1.54) is 0 Å². The number of aryl methyl sites for hydroxylation is 1. The summed E-state index contributed by atoms with van der Waals surface area (Å²) in [5.41, 5.74) is 5.69. The first kappa shape index (κ1) is 18.4. The summed E-state index contributed by atoms with van der Waals surface area (Å²) in [6.45, 7) is 6.15. The van der Waals surface area contributed by atoms with Gasteiger partial charge in [0.15, 0.2) is 5.82 Å². The minimum atomic E-state index is 0.0720. The van der Waals surface area contributed by atoms with Crippen LogP contribution in [0.4, 0.5) is 5.82 Å². The lowest BCUT2D eigenvalue weighted by Gasteiger charge is -2.12. The molecule has 6 heteroatoms. The van der Waals surface area contributed by atoms with Gasteiger partial charge in [-0.1, -0.05) is 12.1 Å². The van der Waals surface area contributed by atoms with E-state index in [0.29, 0.717) is 18.0 Å². The zero-order valence-electron chi connectivity index (χ0n) is 14.9. The van der Waals surface area contributed by atoms with E-state index >= 15 is 0 Å². The van der Waals surface area contributed by atoms with Gasteiger partial charge >= 0.3 is 0 Å². The van der Waals surface area contributed by atoms with Gasteiger partial charge < -0.3 is 9.47 Å². The van der Waals surface area contributed by atoms with Crippen molar-refractivity contribution in [3.8, 4) is 11.8 Å². The van der Waals surface area contributed by atoms with Gasteiger partial charge in [-0.05, 0) is 39.0 Å². The van der Waals surface area contributed by atoms with E-state index in [0.717, 1.165) is 22.6 Å². The lowest BCUT2D eigenvalue weighted by molar-refractivity contribution is 0.184. The minimum absolute atomic E-state index is 0.0720. The largest absolute Gasteiger partial charge is 0.490 e. The van der Waals surface area contributed by atoms with Crippen molar-refractivity contribution in [1.82, 2.24) is 4.98 Å². The molecule has 0 bridgehead atoms. The molecule has 6 nitrogen and oxygen atoms in total. The second-order valence-corrected chi connectivity index (χ2v) is 5.77. The molecule has 0 fully saturated rings. The van der Waals surface area contributed by atoms with E-state index in [2.05, 4.69) is 21.6 Å². The van der Waals surface area contributed by atoms with E-state index in [-0.39, 0.29) is 6.10 Å². The first-order chi connectivity index (χ1) is 12.0. The SMILES string of the molecule is COCc1cc(C)nc(N/N=C\c2ccccc2OC(C)C)c1C#N. The highest BCUT2D eigenvalue weighted by Gasteiger charge is 2.11. The summed E-state index contributed by atoms with van der Waals surface area (Å²) < 4.78 is 10.9. The predicted octanol–water partition coefficient (Wildman–Crippen LogP) is 3.64. The van der Waals surface area contributed by atoms with Crippen LogP contribution in [0.1, 0.15) is 36.2 Å². The lowest BCUT2D eigenvalue weighted by Crippen LogP contribution is -2.07. The van der Waals surface area contributed by atoms with Gasteiger partial charge in [-0.2, -0.15) is 10.4 Å². The molecule has 1 heterocycles. The molecule has 2 aromatic rings. The Morgan fingerprint density at radius 1 is 1.36 bits per heavy atom. The second kappa shape index (κ2) is 8.81. The summed E-state index contributed by atoms with van der Waals surface area (Å²) in [6.07, 6.45) is 1.72. The summed E-state index contributed by atoms with van der Waals surface area (Å²) in [5, 5.41) is 13.6. The molecule has 0 aliphatic rings. The standard InChI is InChI=1S/C19H22N4O2/c1-13(2)25-18-8-6-5-7-15(18)11-21-23-19-17(10-20)16(12-24-4)9-14(3)22-19/h5-9,11,13H,12H2,1-4H3,(H,22,23)/b21-11-. The van der Waals surface area contributed by atoms with Crippen molar-refractivity contribution in [2.45, 2.75) is 33.5 Å². The first-order valence-electron chi connectivity index (χ1n) is 7.99. The number of nitrogens with one attached hydrogen (secondary N) is 1. The number of hydrazone groups is 1. The average molecular weight is 338 g/mol. The van der Waals surface area contributed by atoms with E-state index in [1.807, 2.05) is 51.1 Å². The van der Waals surface area contributed by atoms with Crippen molar-refractivity contribution >= 4 is 12.0 Å². The fourth-order valence-corrected chi connectivity index (χ4v) is 2.33. The van der Waals surface area contributed by atoms with Crippen LogP contribution >= 0.6 is 0 Å². The highest BCUT2D eigenvalue weighted by atomic mass is 16.5. The summed E-state index contributed by atoms with van der Waals surface area (Å²) in [5.74, 6) is 1.16. The molecular weight excluding hydrogens is 316 g/mol. The van der Waals surface area contributed by atoms with Crippen LogP contribution in [-0.4, -0.2) is 24.4 Å². The number of pyridine rings is 1. The van der Waals surface area contributed by atoms with Gasteiger partial charge in [-0.3, -0.25) is 5.43 Å². The first-order valence-corrected chi connectivity index (χ1v) is 7.99. The van der Waals surface area contributed by atoms with E-state index in [1.54, 1.807) is 13.3 Å².